The topological polar surface area (TPSA) is 70.2 Å². The van der Waals surface area contributed by atoms with Crippen LogP contribution in [0.2, 0.25) is 5.02 Å². The highest BCUT2D eigenvalue weighted by Gasteiger charge is 2.15. The van der Waals surface area contributed by atoms with Gasteiger partial charge in [-0.1, -0.05) is 41.9 Å². The van der Waals surface area contributed by atoms with Gasteiger partial charge in [-0.3, -0.25) is 9.69 Å². The number of benzene rings is 2. The van der Waals surface area contributed by atoms with Crippen LogP contribution in [0.15, 0.2) is 60.1 Å². The second-order valence-electron chi connectivity index (χ2n) is 7.83. The van der Waals surface area contributed by atoms with Crippen molar-refractivity contribution < 1.29 is 9.53 Å². The number of fused-ring (bicyclic) bond motifs is 1. The van der Waals surface area contributed by atoms with Gasteiger partial charge in [0, 0.05) is 54.2 Å². The molecule has 172 valence electrons. The van der Waals surface area contributed by atoms with Gasteiger partial charge in [0.2, 0.25) is 0 Å². The zero-order valence-corrected chi connectivity index (χ0v) is 20.1. The molecule has 2 heterocycles. The molecular formula is C25H27ClN4O2S. The minimum Gasteiger partial charge on any atom is -0.383 e. The molecule has 2 aromatic carbocycles. The molecule has 0 saturated carbocycles. The summed E-state index contributed by atoms with van der Waals surface area (Å²) in [7, 11) is 1.61. The van der Waals surface area contributed by atoms with Crippen LogP contribution in [-0.4, -0.2) is 47.6 Å². The number of aromatic amines is 1. The standard InChI is InChI=1S/C25H27ClN4O2S/c1-32-12-10-27-25(31)23-17-33-24(29-23)16-30(15-18-5-4-6-20(26)13-18)11-9-19-14-28-22-8-3-2-7-21(19)22/h2-8,13-14,17,28H,9-12,15-16H2,1H3,(H,27,31). The lowest BCUT2D eigenvalue weighted by Crippen LogP contribution is -2.27. The molecule has 2 N–H and O–H groups in total. The number of halogens is 1. The van der Waals surface area contributed by atoms with Crippen LogP contribution < -0.4 is 5.32 Å². The lowest BCUT2D eigenvalue weighted by Gasteiger charge is -2.21. The zero-order chi connectivity index (χ0) is 23.0. The number of aromatic nitrogens is 2. The van der Waals surface area contributed by atoms with Crippen LogP contribution in [-0.2, 0) is 24.2 Å². The molecule has 1 amide bonds. The van der Waals surface area contributed by atoms with E-state index in [0.29, 0.717) is 25.4 Å². The number of carbonyl (C=O) groups is 1. The Bertz CT molecular complexity index is 1210. The quantitative estimate of drug-likeness (QED) is 0.298. The number of hydrogen-bond donors (Lipinski definition) is 2. The first-order valence-corrected chi connectivity index (χ1v) is 12.1. The normalized spacial score (nSPS) is 11.4. The van der Waals surface area contributed by atoms with Crippen LogP contribution in [0.3, 0.4) is 0 Å². The Labute approximate surface area is 202 Å². The fourth-order valence-electron chi connectivity index (χ4n) is 3.76. The zero-order valence-electron chi connectivity index (χ0n) is 18.5. The summed E-state index contributed by atoms with van der Waals surface area (Å²) in [6, 6.07) is 16.3. The van der Waals surface area contributed by atoms with Gasteiger partial charge in [0.05, 0.1) is 13.2 Å². The fraction of sp³-hybridized carbons (Fsp3) is 0.280. The van der Waals surface area contributed by atoms with Gasteiger partial charge >= 0.3 is 0 Å². The van der Waals surface area contributed by atoms with E-state index in [9.17, 15) is 4.79 Å². The first-order chi connectivity index (χ1) is 16.1. The molecule has 0 radical (unpaired) electrons. The predicted octanol–water partition coefficient (Wildman–Crippen LogP) is 4.90. The number of amides is 1. The molecule has 6 nitrogen and oxygen atoms in total. The Balaban J connectivity index is 1.46. The van der Waals surface area contributed by atoms with Crippen LogP contribution in [0.4, 0.5) is 0 Å². The van der Waals surface area contributed by atoms with E-state index in [1.807, 2.05) is 29.6 Å². The van der Waals surface area contributed by atoms with E-state index >= 15 is 0 Å². The van der Waals surface area contributed by atoms with E-state index < -0.39 is 0 Å². The summed E-state index contributed by atoms with van der Waals surface area (Å²) in [6.07, 6.45) is 2.99. The van der Waals surface area contributed by atoms with Gasteiger partial charge < -0.3 is 15.0 Å². The van der Waals surface area contributed by atoms with Crippen molar-refractivity contribution in [2.45, 2.75) is 19.5 Å². The molecule has 0 saturated heterocycles. The summed E-state index contributed by atoms with van der Waals surface area (Å²) >= 11 is 7.72. The Morgan fingerprint density at radius 2 is 2.09 bits per heavy atom. The molecule has 2 aromatic heterocycles. The molecule has 0 atom stereocenters. The third-order valence-electron chi connectivity index (χ3n) is 5.40. The first kappa shape index (κ1) is 23.4. The summed E-state index contributed by atoms with van der Waals surface area (Å²) < 4.78 is 4.98. The molecule has 0 fully saturated rings. The van der Waals surface area contributed by atoms with E-state index in [-0.39, 0.29) is 5.91 Å². The van der Waals surface area contributed by atoms with E-state index in [1.54, 1.807) is 7.11 Å². The molecule has 0 aliphatic heterocycles. The third kappa shape index (κ3) is 6.42. The summed E-state index contributed by atoms with van der Waals surface area (Å²) in [5.41, 5.74) is 4.04. The minimum absolute atomic E-state index is 0.172. The number of ether oxygens (including phenoxy) is 1. The molecule has 0 spiro atoms. The number of nitrogens with one attached hydrogen (secondary N) is 2. The summed E-state index contributed by atoms with van der Waals surface area (Å²) in [4.78, 5) is 22.6. The van der Waals surface area contributed by atoms with E-state index in [1.165, 1.54) is 22.3 Å². The first-order valence-electron chi connectivity index (χ1n) is 10.9. The summed E-state index contributed by atoms with van der Waals surface area (Å²) in [5, 5.41) is 7.53. The molecule has 0 unspecified atom stereocenters. The molecule has 0 aliphatic rings. The number of rotatable bonds is 11. The van der Waals surface area contributed by atoms with Gasteiger partial charge in [0.25, 0.3) is 5.91 Å². The Morgan fingerprint density at radius 3 is 2.94 bits per heavy atom. The van der Waals surface area contributed by atoms with Crippen LogP contribution in [0.25, 0.3) is 10.9 Å². The van der Waals surface area contributed by atoms with Gasteiger partial charge in [-0.2, -0.15) is 0 Å². The molecule has 0 aliphatic carbocycles. The monoisotopic (exact) mass is 482 g/mol. The van der Waals surface area contributed by atoms with Crippen molar-refractivity contribution in [3.63, 3.8) is 0 Å². The van der Waals surface area contributed by atoms with Gasteiger partial charge in [0.1, 0.15) is 10.7 Å². The van der Waals surface area contributed by atoms with Crippen molar-refractivity contribution in [1.82, 2.24) is 20.2 Å². The molecule has 4 aromatic rings. The van der Waals surface area contributed by atoms with E-state index in [4.69, 9.17) is 16.3 Å². The van der Waals surface area contributed by atoms with Crippen molar-refractivity contribution >= 4 is 39.7 Å². The SMILES string of the molecule is COCCNC(=O)c1csc(CN(CCc2c[nH]c3ccccc23)Cc2cccc(Cl)c2)n1. The second kappa shape index (κ2) is 11.4. The Morgan fingerprint density at radius 1 is 1.21 bits per heavy atom. The van der Waals surface area contributed by atoms with Crippen molar-refractivity contribution in [3.8, 4) is 0 Å². The molecule has 4 rings (SSSR count). The second-order valence-corrected chi connectivity index (χ2v) is 9.20. The minimum atomic E-state index is -0.172. The Hall–Kier alpha value is -2.71. The summed E-state index contributed by atoms with van der Waals surface area (Å²) in [6.45, 7) is 3.20. The van der Waals surface area contributed by atoms with Gasteiger partial charge in [-0.15, -0.1) is 11.3 Å². The number of thiazole rings is 1. The number of nitrogens with zero attached hydrogens (tertiary/aromatic N) is 2. The van der Waals surface area contributed by atoms with E-state index in [2.05, 4.69) is 50.6 Å². The van der Waals surface area contributed by atoms with E-state index in [0.717, 1.165) is 40.6 Å². The maximum absolute atomic E-state index is 12.3. The molecule has 33 heavy (non-hydrogen) atoms. The van der Waals surface area contributed by atoms with Crippen molar-refractivity contribution in [2.24, 2.45) is 0 Å². The number of para-hydroxylation sites is 1. The molecular weight excluding hydrogens is 456 g/mol. The number of H-pyrrole nitrogens is 1. The Kier molecular flexibility index (Phi) is 8.12. The van der Waals surface area contributed by atoms with Gasteiger partial charge in [-0.25, -0.2) is 4.98 Å². The largest absolute Gasteiger partial charge is 0.383 e. The number of carbonyl (C=O) groups excluding carboxylic acids is 1. The lowest BCUT2D eigenvalue weighted by molar-refractivity contribution is 0.0932. The maximum Gasteiger partial charge on any atom is 0.270 e. The highest BCUT2D eigenvalue weighted by molar-refractivity contribution is 7.09. The van der Waals surface area contributed by atoms with Crippen molar-refractivity contribution in [2.75, 3.05) is 26.8 Å². The fourth-order valence-corrected chi connectivity index (χ4v) is 4.79. The smallest absolute Gasteiger partial charge is 0.270 e. The van der Waals surface area contributed by atoms with Crippen LogP contribution >= 0.6 is 22.9 Å². The molecule has 8 heteroatoms. The predicted molar refractivity (Wildman–Crippen MR) is 134 cm³/mol. The average Bonchev–Trinajstić information content (AvgIpc) is 3.45. The number of methoxy groups -OCH3 is 1. The maximum atomic E-state index is 12.3. The van der Waals surface area contributed by atoms with Gasteiger partial charge in [-0.05, 0) is 35.7 Å². The average molecular weight is 483 g/mol. The number of hydrogen-bond acceptors (Lipinski definition) is 5. The lowest BCUT2D eigenvalue weighted by atomic mass is 10.1. The molecule has 0 bridgehead atoms. The highest BCUT2D eigenvalue weighted by atomic mass is 35.5. The van der Waals surface area contributed by atoms with Crippen molar-refractivity contribution in [3.05, 3.63) is 87.0 Å². The summed E-state index contributed by atoms with van der Waals surface area (Å²) in [5.74, 6) is -0.172. The van der Waals surface area contributed by atoms with Crippen LogP contribution in [0.1, 0.15) is 26.6 Å². The van der Waals surface area contributed by atoms with Crippen LogP contribution in [0, 0.1) is 0 Å². The third-order valence-corrected chi connectivity index (χ3v) is 6.47. The van der Waals surface area contributed by atoms with Crippen molar-refractivity contribution in [1.29, 1.82) is 0 Å². The van der Waals surface area contributed by atoms with Gasteiger partial charge in [0.15, 0.2) is 0 Å². The van der Waals surface area contributed by atoms with Crippen LogP contribution in [0.5, 0.6) is 0 Å². The highest BCUT2D eigenvalue weighted by Crippen LogP contribution is 2.21.